The first kappa shape index (κ1) is 19.1. The highest BCUT2D eigenvalue weighted by molar-refractivity contribution is 7.89. The summed E-state index contributed by atoms with van der Waals surface area (Å²) in [5.74, 6) is 1.52. The number of benzene rings is 2. The first-order valence-corrected chi connectivity index (χ1v) is 9.28. The van der Waals surface area contributed by atoms with Gasteiger partial charge in [0, 0.05) is 6.54 Å². The van der Waals surface area contributed by atoms with Crippen molar-refractivity contribution in [2.75, 3.05) is 27.4 Å². The molecule has 0 aliphatic carbocycles. The summed E-state index contributed by atoms with van der Waals surface area (Å²) in [6, 6.07) is 10.3. The lowest BCUT2D eigenvalue weighted by Gasteiger charge is -2.14. The van der Waals surface area contributed by atoms with Crippen molar-refractivity contribution in [2.45, 2.75) is 18.7 Å². The maximum atomic E-state index is 12.3. The molecule has 0 atom stereocenters. The molecule has 0 aromatic heterocycles. The molecule has 0 radical (unpaired) electrons. The molecule has 2 aromatic carbocycles. The third kappa shape index (κ3) is 4.64. The minimum absolute atomic E-state index is 0.135. The lowest BCUT2D eigenvalue weighted by molar-refractivity contribution is 0.287. The summed E-state index contributed by atoms with van der Waals surface area (Å²) in [4.78, 5) is 0.245. The molecule has 0 bridgehead atoms. The van der Waals surface area contributed by atoms with Crippen LogP contribution in [-0.4, -0.2) is 35.8 Å². The second-order valence-electron chi connectivity index (χ2n) is 5.48. The van der Waals surface area contributed by atoms with Gasteiger partial charge in [0.2, 0.25) is 15.8 Å². The number of ether oxygens (including phenoxy) is 3. The third-order valence-electron chi connectivity index (χ3n) is 3.81. The van der Waals surface area contributed by atoms with E-state index in [9.17, 15) is 8.42 Å². The molecule has 136 valence electrons. The molecule has 0 aliphatic heterocycles. The Labute approximate surface area is 148 Å². The number of para-hydroxylation sites is 1. The summed E-state index contributed by atoms with van der Waals surface area (Å²) in [5.41, 5.74) is 1.98. The summed E-state index contributed by atoms with van der Waals surface area (Å²) in [6.45, 7) is 4.12. The Kier molecular flexibility index (Phi) is 6.27. The van der Waals surface area contributed by atoms with Gasteiger partial charge >= 0.3 is 0 Å². The number of hydrogen-bond acceptors (Lipinski definition) is 5. The molecule has 25 heavy (non-hydrogen) atoms. The number of rotatable bonds is 8. The normalized spacial score (nSPS) is 11.2. The van der Waals surface area contributed by atoms with E-state index in [1.807, 2.05) is 13.8 Å². The molecule has 1 N–H and O–H groups in total. The first-order chi connectivity index (χ1) is 11.9. The lowest BCUT2D eigenvalue weighted by Crippen LogP contribution is -2.28. The average molecular weight is 365 g/mol. The Balaban J connectivity index is 1.98. The molecule has 0 saturated carbocycles. The second kappa shape index (κ2) is 8.22. The molecule has 0 unspecified atom stereocenters. The van der Waals surface area contributed by atoms with Gasteiger partial charge in [0.05, 0.1) is 19.1 Å². The van der Waals surface area contributed by atoms with E-state index in [1.165, 1.54) is 7.11 Å². The van der Waals surface area contributed by atoms with Crippen LogP contribution in [-0.2, 0) is 10.0 Å². The van der Waals surface area contributed by atoms with Crippen LogP contribution in [0.2, 0.25) is 0 Å². The van der Waals surface area contributed by atoms with Gasteiger partial charge in [0.15, 0.2) is 11.5 Å². The Hall–Kier alpha value is -2.25. The summed E-state index contributed by atoms with van der Waals surface area (Å²) in [5, 5.41) is 0. The zero-order chi connectivity index (χ0) is 18.4. The number of hydrogen-bond donors (Lipinski definition) is 1. The van der Waals surface area contributed by atoms with Crippen LogP contribution in [0, 0.1) is 13.8 Å². The van der Waals surface area contributed by atoms with Crippen LogP contribution in [0.15, 0.2) is 41.3 Å². The van der Waals surface area contributed by atoms with Crippen molar-refractivity contribution < 1.29 is 22.6 Å². The monoisotopic (exact) mass is 365 g/mol. The summed E-state index contributed by atoms with van der Waals surface area (Å²) < 4.78 is 43.3. The topological polar surface area (TPSA) is 73.9 Å². The van der Waals surface area contributed by atoms with Gasteiger partial charge in [0.1, 0.15) is 6.61 Å². The lowest BCUT2D eigenvalue weighted by atomic mass is 10.1. The standard InChI is InChI=1S/C18H23NO5S/c1-13-8-9-15(12-14(13)2)25(20,21)19-10-11-24-17-7-5-6-16(22-3)18(17)23-4/h5-9,12,19H,10-11H2,1-4H3. The Morgan fingerprint density at radius 1 is 0.960 bits per heavy atom. The van der Waals surface area contributed by atoms with Crippen LogP contribution in [0.1, 0.15) is 11.1 Å². The van der Waals surface area contributed by atoms with Crippen molar-refractivity contribution in [2.24, 2.45) is 0 Å². The van der Waals surface area contributed by atoms with E-state index < -0.39 is 10.0 Å². The van der Waals surface area contributed by atoms with Crippen LogP contribution in [0.25, 0.3) is 0 Å². The van der Waals surface area contributed by atoms with E-state index in [0.29, 0.717) is 17.2 Å². The molecular weight excluding hydrogens is 342 g/mol. The first-order valence-electron chi connectivity index (χ1n) is 7.79. The van der Waals surface area contributed by atoms with Crippen LogP contribution in [0.3, 0.4) is 0 Å². The number of sulfonamides is 1. The Morgan fingerprint density at radius 2 is 1.68 bits per heavy atom. The highest BCUT2D eigenvalue weighted by Crippen LogP contribution is 2.36. The molecule has 6 nitrogen and oxygen atoms in total. The molecule has 0 spiro atoms. The second-order valence-corrected chi connectivity index (χ2v) is 7.25. The van der Waals surface area contributed by atoms with E-state index >= 15 is 0 Å². The quantitative estimate of drug-likeness (QED) is 0.728. The molecule has 0 heterocycles. The smallest absolute Gasteiger partial charge is 0.240 e. The minimum atomic E-state index is -3.57. The van der Waals surface area contributed by atoms with Gasteiger partial charge in [0.25, 0.3) is 0 Å². The molecule has 0 aliphatic rings. The van der Waals surface area contributed by atoms with Crippen LogP contribution < -0.4 is 18.9 Å². The molecule has 7 heteroatoms. The highest BCUT2D eigenvalue weighted by Gasteiger charge is 2.15. The fourth-order valence-corrected chi connectivity index (χ4v) is 3.37. The predicted octanol–water partition coefficient (Wildman–Crippen LogP) is 2.68. The van der Waals surface area contributed by atoms with E-state index in [-0.39, 0.29) is 18.0 Å². The van der Waals surface area contributed by atoms with E-state index in [2.05, 4.69) is 4.72 Å². The third-order valence-corrected chi connectivity index (χ3v) is 5.27. The molecule has 0 amide bonds. The average Bonchev–Trinajstić information content (AvgIpc) is 2.60. The van der Waals surface area contributed by atoms with Crippen LogP contribution in [0.4, 0.5) is 0 Å². The number of aryl methyl sites for hydroxylation is 2. The van der Waals surface area contributed by atoms with Gasteiger partial charge in [-0.1, -0.05) is 12.1 Å². The van der Waals surface area contributed by atoms with Gasteiger partial charge in [-0.2, -0.15) is 0 Å². The van der Waals surface area contributed by atoms with Gasteiger partial charge < -0.3 is 14.2 Å². The number of methoxy groups -OCH3 is 2. The van der Waals surface area contributed by atoms with Gasteiger partial charge in [-0.15, -0.1) is 0 Å². The maximum Gasteiger partial charge on any atom is 0.240 e. The van der Waals surface area contributed by atoms with Crippen molar-refractivity contribution in [1.82, 2.24) is 4.72 Å². The van der Waals surface area contributed by atoms with Crippen LogP contribution in [0.5, 0.6) is 17.2 Å². The predicted molar refractivity (Wildman–Crippen MR) is 96.1 cm³/mol. The van der Waals surface area contributed by atoms with Crippen molar-refractivity contribution in [1.29, 1.82) is 0 Å². The van der Waals surface area contributed by atoms with Gasteiger partial charge in [-0.05, 0) is 49.2 Å². The SMILES string of the molecule is COc1cccc(OCCNS(=O)(=O)c2ccc(C)c(C)c2)c1OC. The Morgan fingerprint density at radius 3 is 2.32 bits per heavy atom. The van der Waals surface area contributed by atoms with Crippen molar-refractivity contribution in [3.8, 4) is 17.2 Å². The minimum Gasteiger partial charge on any atom is -0.493 e. The molecular formula is C18H23NO5S. The number of nitrogens with one attached hydrogen (secondary N) is 1. The summed E-state index contributed by atoms with van der Waals surface area (Å²) >= 11 is 0. The molecule has 0 fully saturated rings. The maximum absolute atomic E-state index is 12.3. The van der Waals surface area contributed by atoms with E-state index in [0.717, 1.165) is 11.1 Å². The fourth-order valence-electron chi connectivity index (χ4n) is 2.27. The molecule has 2 aromatic rings. The molecule has 2 rings (SSSR count). The van der Waals surface area contributed by atoms with Crippen LogP contribution >= 0.6 is 0 Å². The molecule has 0 saturated heterocycles. The van der Waals surface area contributed by atoms with Gasteiger partial charge in [-0.3, -0.25) is 0 Å². The zero-order valence-electron chi connectivity index (χ0n) is 14.8. The fraction of sp³-hybridized carbons (Fsp3) is 0.333. The van der Waals surface area contributed by atoms with Crippen molar-refractivity contribution in [3.05, 3.63) is 47.5 Å². The van der Waals surface area contributed by atoms with E-state index in [1.54, 1.807) is 43.5 Å². The summed E-state index contributed by atoms with van der Waals surface area (Å²) in [6.07, 6.45) is 0. The van der Waals surface area contributed by atoms with Gasteiger partial charge in [-0.25, -0.2) is 13.1 Å². The van der Waals surface area contributed by atoms with Crippen molar-refractivity contribution >= 4 is 10.0 Å². The largest absolute Gasteiger partial charge is 0.493 e. The highest BCUT2D eigenvalue weighted by atomic mass is 32.2. The van der Waals surface area contributed by atoms with E-state index in [4.69, 9.17) is 14.2 Å². The zero-order valence-corrected chi connectivity index (χ0v) is 15.6. The van der Waals surface area contributed by atoms with Crippen molar-refractivity contribution in [3.63, 3.8) is 0 Å². The summed E-state index contributed by atoms with van der Waals surface area (Å²) in [7, 11) is -0.506. The Bertz CT molecular complexity index is 833.